The molecule has 11 heteroatoms. The molecule has 1 aliphatic heterocycles. The first-order valence-corrected chi connectivity index (χ1v) is 10.6. The van der Waals surface area contributed by atoms with E-state index in [2.05, 4.69) is 39.3 Å². The summed E-state index contributed by atoms with van der Waals surface area (Å²) < 4.78 is 24.8. The van der Waals surface area contributed by atoms with Gasteiger partial charge in [-0.05, 0) is 25.3 Å². The van der Waals surface area contributed by atoms with E-state index in [1.165, 1.54) is 12.5 Å². The Kier molecular flexibility index (Phi) is 6.23. The quantitative estimate of drug-likeness (QED) is 0.547. The average molecular weight is 456 g/mol. The van der Waals surface area contributed by atoms with E-state index < -0.39 is 30.1 Å². The molecule has 2 aromatic heterocycles. The molecule has 0 bridgehead atoms. The van der Waals surface area contributed by atoms with Crippen LogP contribution < -0.4 is 10.2 Å². The molecular weight excluding hydrogens is 431 g/mol. The lowest BCUT2D eigenvalue weighted by Gasteiger charge is -2.23. The normalized spacial score (nSPS) is 17.8. The van der Waals surface area contributed by atoms with E-state index in [1.54, 1.807) is 6.92 Å². The number of cyclic esters (lactones) is 1. The summed E-state index contributed by atoms with van der Waals surface area (Å²) in [4.78, 5) is 25.6. The number of ether oxygens (including phenoxy) is 1. The number of nitrogens with one attached hydrogen (secondary N) is 1. The number of rotatable bonds is 7. The standard InChI is InChI=1S/C22H25FN6O4/c1-11(2)14-5-7-15(8-6-14)18-26-20(33-28-18)12(3)25-21-24-9-16(23)19(27-21)29-17(13(4)30)10-32-22(29)31/h5-9,11-13,17,30H,10H2,1-4H3,(H,24,25,27)/t12?,13-,17?/m1/s1. The van der Waals surface area contributed by atoms with Gasteiger partial charge in [-0.15, -0.1) is 0 Å². The topological polar surface area (TPSA) is 127 Å². The summed E-state index contributed by atoms with van der Waals surface area (Å²) in [6.45, 7) is 7.42. The van der Waals surface area contributed by atoms with E-state index in [0.717, 1.165) is 16.7 Å². The smallest absolute Gasteiger partial charge is 0.416 e. The minimum Gasteiger partial charge on any atom is -0.447 e. The van der Waals surface area contributed by atoms with Gasteiger partial charge in [0.1, 0.15) is 18.7 Å². The summed E-state index contributed by atoms with van der Waals surface area (Å²) in [7, 11) is 0. The van der Waals surface area contributed by atoms with E-state index in [1.807, 2.05) is 24.3 Å². The van der Waals surface area contributed by atoms with Crippen LogP contribution in [0.15, 0.2) is 35.0 Å². The summed E-state index contributed by atoms with van der Waals surface area (Å²) in [5.74, 6) is 0.0863. The molecule has 2 N–H and O–H groups in total. The maximum Gasteiger partial charge on any atom is 0.416 e. The van der Waals surface area contributed by atoms with Crippen LogP contribution >= 0.6 is 0 Å². The highest BCUT2D eigenvalue weighted by Gasteiger charge is 2.39. The Morgan fingerprint density at radius 1 is 1.18 bits per heavy atom. The molecule has 1 aliphatic rings. The summed E-state index contributed by atoms with van der Waals surface area (Å²) >= 11 is 0. The Bertz CT molecular complexity index is 1130. The first-order chi connectivity index (χ1) is 15.7. The fourth-order valence-electron chi connectivity index (χ4n) is 3.43. The summed E-state index contributed by atoms with van der Waals surface area (Å²) in [5, 5.41) is 16.9. The van der Waals surface area contributed by atoms with Crippen molar-refractivity contribution in [3.8, 4) is 11.4 Å². The van der Waals surface area contributed by atoms with E-state index in [4.69, 9.17) is 9.26 Å². The molecule has 2 unspecified atom stereocenters. The van der Waals surface area contributed by atoms with Gasteiger partial charge >= 0.3 is 6.09 Å². The van der Waals surface area contributed by atoms with E-state index >= 15 is 0 Å². The number of hydrogen-bond acceptors (Lipinski definition) is 9. The summed E-state index contributed by atoms with van der Waals surface area (Å²) in [5.41, 5.74) is 2.03. The highest BCUT2D eigenvalue weighted by molar-refractivity contribution is 5.89. The number of nitrogens with zero attached hydrogens (tertiary/aromatic N) is 5. The molecule has 4 rings (SSSR count). The molecule has 33 heavy (non-hydrogen) atoms. The maximum absolute atomic E-state index is 14.4. The van der Waals surface area contributed by atoms with Gasteiger partial charge in [-0.1, -0.05) is 43.3 Å². The van der Waals surface area contributed by atoms with Crippen molar-refractivity contribution < 1.29 is 23.6 Å². The number of anilines is 2. The zero-order valence-corrected chi connectivity index (χ0v) is 18.7. The van der Waals surface area contributed by atoms with Crippen molar-refractivity contribution in [2.24, 2.45) is 0 Å². The van der Waals surface area contributed by atoms with Gasteiger partial charge < -0.3 is 19.7 Å². The first kappa shape index (κ1) is 22.6. The van der Waals surface area contributed by atoms with Crippen LogP contribution in [0.4, 0.5) is 21.0 Å². The highest BCUT2D eigenvalue weighted by Crippen LogP contribution is 2.28. The van der Waals surface area contributed by atoms with Crippen LogP contribution in [0.5, 0.6) is 0 Å². The lowest BCUT2D eigenvalue weighted by Crippen LogP contribution is -2.42. The summed E-state index contributed by atoms with van der Waals surface area (Å²) in [6.07, 6.45) is -0.785. The molecule has 10 nitrogen and oxygen atoms in total. The van der Waals surface area contributed by atoms with Crippen LogP contribution in [0.25, 0.3) is 11.4 Å². The molecule has 1 amide bonds. The number of carbonyl (C=O) groups is 1. The molecule has 1 aromatic carbocycles. The monoisotopic (exact) mass is 456 g/mol. The first-order valence-electron chi connectivity index (χ1n) is 10.6. The molecule has 0 saturated carbocycles. The molecule has 1 saturated heterocycles. The minimum absolute atomic E-state index is 0.0454. The number of aromatic nitrogens is 4. The molecule has 0 spiro atoms. The van der Waals surface area contributed by atoms with Crippen molar-refractivity contribution in [2.75, 3.05) is 16.8 Å². The number of halogens is 1. The van der Waals surface area contributed by atoms with Gasteiger partial charge in [0.15, 0.2) is 11.6 Å². The predicted molar refractivity (Wildman–Crippen MR) is 117 cm³/mol. The maximum atomic E-state index is 14.4. The Morgan fingerprint density at radius 2 is 1.91 bits per heavy atom. The van der Waals surface area contributed by atoms with Crippen molar-refractivity contribution in [1.29, 1.82) is 0 Å². The third-order valence-electron chi connectivity index (χ3n) is 5.41. The largest absolute Gasteiger partial charge is 0.447 e. The molecule has 1 fully saturated rings. The molecule has 3 aromatic rings. The Morgan fingerprint density at radius 3 is 2.58 bits per heavy atom. The molecule has 174 valence electrons. The minimum atomic E-state index is -0.937. The second-order valence-electron chi connectivity index (χ2n) is 8.22. The van der Waals surface area contributed by atoms with E-state index in [9.17, 15) is 14.3 Å². The van der Waals surface area contributed by atoms with Crippen LogP contribution in [-0.4, -0.2) is 50.1 Å². The van der Waals surface area contributed by atoms with E-state index in [-0.39, 0.29) is 24.3 Å². The summed E-state index contributed by atoms with van der Waals surface area (Å²) in [6, 6.07) is 6.66. The van der Waals surface area contributed by atoms with Gasteiger partial charge in [0, 0.05) is 5.56 Å². The molecular formula is C22H25FN6O4. The number of carbonyl (C=O) groups excluding carboxylic acids is 1. The fraction of sp³-hybridized carbons (Fsp3) is 0.409. The van der Waals surface area contributed by atoms with Gasteiger partial charge in [-0.3, -0.25) is 0 Å². The second-order valence-corrected chi connectivity index (χ2v) is 8.22. The number of hydrogen-bond donors (Lipinski definition) is 2. The SMILES string of the molecule is CC(C)c1ccc(-c2noc(C(C)Nc3ncc(F)c(N4C(=O)OCC4[C@@H](C)O)n3)n2)cc1. The molecule has 0 radical (unpaired) electrons. The van der Waals surface area contributed by atoms with Crippen molar-refractivity contribution in [3.63, 3.8) is 0 Å². The Balaban J connectivity index is 1.52. The zero-order valence-electron chi connectivity index (χ0n) is 18.7. The van der Waals surface area contributed by atoms with Crippen LogP contribution in [-0.2, 0) is 4.74 Å². The van der Waals surface area contributed by atoms with Crippen LogP contribution in [0.2, 0.25) is 0 Å². The van der Waals surface area contributed by atoms with Crippen LogP contribution in [0.3, 0.4) is 0 Å². The highest BCUT2D eigenvalue weighted by atomic mass is 19.1. The van der Waals surface area contributed by atoms with Gasteiger partial charge in [0.05, 0.1) is 12.3 Å². The van der Waals surface area contributed by atoms with Gasteiger partial charge in [-0.25, -0.2) is 19.1 Å². The Labute approximate surface area is 189 Å². The number of aliphatic hydroxyl groups excluding tert-OH is 1. The van der Waals surface area contributed by atoms with Gasteiger partial charge in [0.2, 0.25) is 17.7 Å². The van der Waals surface area contributed by atoms with Gasteiger partial charge in [-0.2, -0.15) is 9.97 Å². The molecule has 3 heterocycles. The average Bonchev–Trinajstić information content (AvgIpc) is 3.42. The van der Waals surface area contributed by atoms with Crippen LogP contribution in [0.1, 0.15) is 51.1 Å². The zero-order chi connectivity index (χ0) is 23.7. The number of benzene rings is 1. The van der Waals surface area contributed by atoms with Crippen molar-refractivity contribution in [1.82, 2.24) is 20.1 Å². The van der Waals surface area contributed by atoms with Gasteiger partial charge in [0.25, 0.3) is 0 Å². The number of amides is 1. The second kappa shape index (κ2) is 9.10. The fourth-order valence-corrected chi connectivity index (χ4v) is 3.43. The van der Waals surface area contributed by atoms with Crippen molar-refractivity contribution in [3.05, 3.63) is 47.7 Å². The molecule has 3 atom stereocenters. The van der Waals surface area contributed by atoms with Crippen LogP contribution in [0, 0.1) is 5.82 Å². The third-order valence-corrected chi connectivity index (χ3v) is 5.41. The lowest BCUT2D eigenvalue weighted by molar-refractivity contribution is 0.142. The number of aliphatic hydroxyl groups is 1. The van der Waals surface area contributed by atoms with E-state index in [0.29, 0.717) is 11.7 Å². The van der Waals surface area contributed by atoms with Crippen molar-refractivity contribution >= 4 is 17.9 Å². The van der Waals surface area contributed by atoms with Crippen molar-refractivity contribution in [2.45, 2.75) is 51.8 Å². The molecule has 0 aliphatic carbocycles. The Hall–Kier alpha value is -3.60. The third kappa shape index (κ3) is 4.63. The lowest BCUT2D eigenvalue weighted by atomic mass is 10.0. The predicted octanol–water partition coefficient (Wildman–Crippen LogP) is 3.67.